The number of carbonyl (C=O) groups excluding carboxylic acids is 2. The molecule has 6 nitrogen and oxygen atoms in total. The minimum atomic E-state index is -1.12. The van der Waals surface area contributed by atoms with Gasteiger partial charge in [-0.05, 0) is 36.0 Å². The van der Waals surface area contributed by atoms with Crippen molar-refractivity contribution in [1.82, 2.24) is 4.90 Å². The molecule has 0 bridgehead atoms. The number of rotatable bonds is 4. The summed E-state index contributed by atoms with van der Waals surface area (Å²) in [4.78, 5) is 36.1. The molecule has 0 aliphatic carbocycles. The Morgan fingerprint density at radius 1 is 1.35 bits per heavy atom. The van der Waals surface area contributed by atoms with Gasteiger partial charge in [-0.3, -0.25) is 14.5 Å². The summed E-state index contributed by atoms with van der Waals surface area (Å²) >= 11 is 6.74. The van der Waals surface area contributed by atoms with Crippen molar-refractivity contribution in [2.24, 2.45) is 0 Å². The van der Waals surface area contributed by atoms with Crippen LogP contribution in [0.15, 0.2) is 39.7 Å². The van der Waals surface area contributed by atoms with Crippen LogP contribution in [0.5, 0.6) is 0 Å². The second-order valence-corrected chi connectivity index (χ2v) is 6.57. The van der Waals surface area contributed by atoms with Gasteiger partial charge in [0.1, 0.15) is 11.5 Å². The lowest BCUT2D eigenvalue weighted by atomic mass is 10.1. The van der Waals surface area contributed by atoms with Gasteiger partial charge >= 0.3 is 5.97 Å². The molecule has 1 aliphatic rings. The van der Waals surface area contributed by atoms with Crippen molar-refractivity contribution < 1.29 is 23.9 Å². The zero-order valence-corrected chi connectivity index (χ0v) is 14.6. The van der Waals surface area contributed by atoms with Gasteiger partial charge in [0.2, 0.25) is 0 Å². The van der Waals surface area contributed by atoms with Crippen molar-refractivity contribution >= 4 is 46.6 Å². The number of carbonyl (C=O) groups is 3. The molecule has 1 saturated heterocycles. The fourth-order valence-corrected chi connectivity index (χ4v) is 3.36. The van der Waals surface area contributed by atoms with Gasteiger partial charge in [-0.2, -0.15) is 0 Å². The number of terminal acetylenes is 1. The third-order valence-corrected chi connectivity index (χ3v) is 4.73. The summed E-state index contributed by atoms with van der Waals surface area (Å²) in [6.45, 7) is -0.0835. The van der Waals surface area contributed by atoms with Crippen LogP contribution in [0, 0.1) is 12.3 Å². The molecule has 1 aromatic carbocycles. The molecule has 2 heterocycles. The molecular formula is C18H10ClNO5S. The van der Waals surface area contributed by atoms with Crippen molar-refractivity contribution in [2.45, 2.75) is 0 Å². The minimum absolute atomic E-state index is 0.00983. The first-order valence-corrected chi connectivity index (χ1v) is 8.42. The number of carboxylic acid groups (broad SMARTS) is 1. The topological polar surface area (TPSA) is 87.8 Å². The lowest BCUT2D eigenvalue weighted by Crippen LogP contribution is -2.28. The van der Waals surface area contributed by atoms with Gasteiger partial charge in [0.25, 0.3) is 11.1 Å². The fraction of sp³-hybridized carbons (Fsp3) is 0.0556. The van der Waals surface area contributed by atoms with Crippen molar-refractivity contribution in [1.29, 1.82) is 0 Å². The maximum Gasteiger partial charge on any atom is 0.337 e. The van der Waals surface area contributed by atoms with E-state index in [0.717, 1.165) is 16.7 Å². The lowest BCUT2D eigenvalue weighted by molar-refractivity contribution is -0.122. The molecule has 130 valence electrons. The predicted molar refractivity (Wildman–Crippen MR) is 97.6 cm³/mol. The van der Waals surface area contributed by atoms with E-state index in [1.807, 2.05) is 0 Å². The molecule has 1 aromatic heterocycles. The Hall–Kier alpha value is -2.95. The van der Waals surface area contributed by atoms with E-state index in [2.05, 4.69) is 5.92 Å². The quantitative estimate of drug-likeness (QED) is 0.631. The number of halogens is 1. The molecule has 2 amide bonds. The van der Waals surface area contributed by atoms with E-state index < -0.39 is 17.1 Å². The van der Waals surface area contributed by atoms with Crippen LogP contribution >= 0.6 is 23.4 Å². The molecule has 1 fully saturated rings. The molecule has 0 radical (unpaired) electrons. The highest BCUT2D eigenvalue weighted by Gasteiger charge is 2.34. The fourth-order valence-electron chi connectivity index (χ4n) is 2.28. The Balaban J connectivity index is 1.86. The van der Waals surface area contributed by atoms with E-state index in [1.165, 1.54) is 18.2 Å². The molecule has 0 spiro atoms. The van der Waals surface area contributed by atoms with Gasteiger partial charge < -0.3 is 9.52 Å². The highest BCUT2D eigenvalue weighted by Crippen LogP contribution is 2.33. The van der Waals surface area contributed by atoms with Crippen molar-refractivity contribution in [3.8, 4) is 23.7 Å². The SMILES string of the molecule is C#CCN1C(=O)SC(=Cc2ccc(-c3ccc(C(=O)O)c(Cl)c3)o2)C1=O. The Morgan fingerprint density at radius 2 is 2.12 bits per heavy atom. The number of benzene rings is 1. The van der Waals surface area contributed by atoms with Crippen LogP contribution in [0.25, 0.3) is 17.4 Å². The maximum atomic E-state index is 12.1. The van der Waals surface area contributed by atoms with Crippen LogP contribution in [-0.2, 0) is 4.79 Å². The highest BCUT2D eigenvalue weighted by molar-refractivity contribution is 8.18. The average molecular weight is 388 g/mol. The van der Waals surface area contributed by atoms with Crippen LogP contribution < -0.4 is 0 Å². The summed E-state index contributed by atoms with van der Waals surface area (Å²) in [5.74, 6) is 1.48. The van der Waals surface area contributed by atoms with Crippen LogP contribution in [0.3, 0.4) is 0 Å². The lowest BCUT2D eigenvalue weighted by Gasteiger charge is -2.06. The molecular weight excluding hydrogens is 378 g/mol. The first-order chi connectivity index (χ1) is 12.4. The maximum absolute atomic E-state index is 12.1. The third kappa shape index (κ3) is 3.38. The van der Waals surface area contributed by atoms with E-state index in [1.54, 1.807) is 18.2 Å². The van der Waals surface area contributed by atoms with Crippen molar-refractivity contribution in [3.63, 3.8) is 0 Å². The summed E-state index contributed by atoms with van der Waals surface area (Å²) in [6, 6.07) is 7.72. The number of thioether (sulfide) groups is 1. The first-order valence-electron chi connectivity index (χ1n) is 7.22. The van der Waals surface area contributed by atoms with E-state index in [0.29, 0.717) is 17.1 Å². The van der Waals surface area contributed by atoms with Gasteiger partial charge in [-0.25, -0.2) is 4.79 Å². The van der Waals surface area contributed by atoms with Crippen LogP contribution in [-0.4, -0.2) is 33.7 Å². The predicted octanol–water partition coefficient (Wildman–Crippen LogP) is 3.97. The first kappa shape index (κ1) is 17.9. The minimum Gasteiger partial charge on any atom is -0.478 e. The summed E-state index contributed by atoms with van der Waals surface area (Å²) < 4.78 is 5.65. The zero-order chi connectivity index (χ0) is 18.8. The summed E-state index contributed by atoms with van der Waals surface area (Å²) in [7, 11) is 0. The molecule has 0 saturated carbocycles. The highest BCUT2D eigenvalue weighted by atomic mass is 35.5. The largest absolute Gasteiger partial charge is 0.478 e. The molecule has 8 heteroatoms. The number of nitrogens with zero attached hydrogens (tertiary/aromatic N) is 1. The number of aromatic carboxylic acids is 1. The van der Waals surface area contributed by atoms with E-state index in [4.69, 9.17) is 27.5 Å². The molecule has 0 atom stereocenters. The Morgan fingerprint density at radius 3 is 2.77 bits per heavy atom. The number of amides is 2. The van der Waals surface area contributed by atoms with Gasteiger partial charge in [-0.15, -0.1) is 6.42 Å². The van der Waals surface area contributed by atoms with Crippen LogP contribution in [0.4, 0.5) is 4.79 Å². The summed E-state index contributed by atoms with van der Waals surface area (Å²) in [6.07, 6.45) is 6.61. The van der Waals surface area contributed by atoms with Gasteiger partial charge in [0.05, 0.1) is 22.0 Å². The molecule has 1 aliphatic heterocycles. The van der Waals surface area contributed by atoms with Gasteiger partial charge in [0.15, 0.2) is 0 Å². The van der Waals surface area contributed by atoms with Crippen LogP contribution in [0.1, 0.15) is 16.1 Å². The Kier molecular flexibility index (Phi) is 4.89. The number of furan rings is 1. The van der Waals surface area contributed by atoms with Crippen LogP contribution in [0.2, 0.25) is 5.02 Å². The number of imide groups is 1. The van der Waals surface area contributed by atoms with E-state index in [-0.39, 0.29) is 22.0 Å². The standard InChI is InChI=1S/C18H10ClNO5S/c1-2-7-20-16(21)15(26-18(20)24)9-11-4-6-14(25-11)10-3-5-12(17(22)23)13(19)8-10/h1,3-6,8-9H,7H2,(H,22,23). The number of hydrogen-bond donors (Lipinski definition) is 1. The van der Waals surface area contributed by atoms with Crippen molar-refractivity contribution in [3.05, 3.63) is 51.6 Å². The average Bonchev–Trinajstić information content (AvgIpc) is 3.15. The van der Waals surface area contributed by atoms with Crippen molar-refractivity contribution in [2.75, 3.05) is 6.54 Å². The monoisotopic (exact) mass is 387 g/mol. The molecule has 3 rings (SSSR count). The molecule has 2 aromatic rings. The Bertz CT molecular complexity index is 1000. The second kappa shape index (κ2) is 7.12. The smallest absolute Gasteiger partial charge is 0.337 e. The summed E-state index contributed by atoms with van der Waals surface area (Å²) in [5, 5.41) is 8.66. The zero-order valence-electron chi connectivity index (χ0n) is 13.1. The summed E-state index contributed by atoms with van der Waals surface area (Å²) in [5.41, 5.74) is 0.574. The van der Waals surface area contributed by atoms with E-state index >= 15 is 0 Å². The second-order valence-electron chi connectivity index (χ2n) is 5.17. The Labute approximate surface area is 157 Å². The third-order valence-electron chi connectivity index (χ3n) is 3.51. The van der Waals surface area contributed by atoms with Gasteiger partial charge in [0, 0.05) is 11.6 Å². The molecule has 26 heavy (non-hydrogen) atoms. The molecule has 1 N–H and O–H groups in total. The van der Waals surface area contributed by atoms with Gasteiger partial charge in [-0.1, -0.05) is 23.6 Å². The number of hydrogen-bond acceptors (Lipinski definition) is 5. The molecule has 0 unspecified atom stereocenters. The number of carboxylic acids is 1. The normalized spacial score (nSPS) is 15.5. The van der Waals surface area contributed by atoms with E-state index in [9.17, 15) is 14.4 Å².